The summed E-state index contributed by atoms with van der Waals surface area (Å²) in [7, 11) is -0.839. The Morgan fingerprint density at radius 2 is 1.60 bits per heavy atom. The zero-order valence-electron chi connectivity index (χ0n) is 13.9. The molecule has 0 radical (unpaired) electrons. The van der Waals surface area contributed by atoms with Gasteiger partial charge in [-0.3, -0.25) is 9.52 Å². The van der Waals surface area contributed by atoms with Crippen molar-refractivity contribution in [3.05, 3.63) is 48.0 Å². The lowest BCUT2D eigenvalue weighted by atomic mass is 10.1. The number of hydrogen-bond donors (Lipinski definition) is 2. The second-order valence-electron chi connectivity index (χ2n) is 5.24. The molecule has 0 unspecified atom stereocenters. The van der Waals surface area contributed by atoms with Crippen LogP contribution >= 0.6 is 0 Å². The van der Waals surface area contributed by atoms with Crippen molar-refractivity contribution in [1.82, 2.24) is 0 Å². The highest BCUT2D eigenvalue weighted by Crippen LogP contribution is 2.27. The van der Waals surface area contributed by atoms with Gasteiger partial charge in [0.15, 0.2) is 0 Å². The van der Waals surface area contributed by atoms with E-state index in [-0.39, 0.29) is 11.3 Å². The van der Waals surface area contributed by atoms with E-state index in [0.717, 1.165) is 5.56 Å². The molecule has 0 fully saturated rings. The second-order valence-corrected chi connectivity index (χ2v) is 6.93. The molecular formula is C17H19NO6S. The molecule has 0 aliphatic carbocycles. The van der Waals surface area contributed by atoms with E-state index < -0.39 is 16.0 Å². The number of anilines is 1. The minimum atomic E-state index is -3.79. The fourth-order valence-electron chi connectivity index (χ4n) is 2.17. The first-order chi connectivity index (χ1) is 11.8. The maximum Gasteiger partial charge on any atom is 0.303 e. The van der Waals surface area contributed by atoms with E-state index in [1.54, 1.807) is 30.3 Å². The molecule has 0 aliphatic rings. The summed E-state index contributed by atoms with van der Waals surface area (Å²) in [6.45, 7) is 0. The quantitative estimate of drug-likeness (QED) is 0.745. The van der Waals surface area contributed by atoms with Gasteiger partial charge >= 0.3 is 5.97 Å². The Morgan fingerprint density at radius 1 is 1.04 bits per heavy atom. The molecule has 0 bridgehead atoms. The molecule has 2 aromatic carbocycles. The smallest absolute Gasteiger partial charge is 0.303 e. The number of rotatable bonds is 8. The number of ether oxygens (including phenoxy) is 2. The number of carboxylic acid groups (broad SMARTS) is 1. The predicted molar refractivity (Wildman–Crippen MR) is 92.8 cm³/mol. The van der Waals surface area contributed by atoms with Crippen LogP contribution in [0.5, 0.6) is 11.5 Å². The van der Waals surface area contributed by atoms with Crippen molar-refractivity contribution in [2.45, 2.75) is 17.7 Å². The fourth-order valence-corrected chi connectivity index (χ4v) is 3.21. The van der Waals surface area contributed by atoms with Crippen molar-refractivity contribution in [1.29, 1.82) is 0 Å². The van der Waals surface area contributed by atoms with Crippen LogP contribution in [0, 0.1) is 0 Å². The maximum atomic E-state index is 12.5. The summed E-state index contributed by atoms with van der Waals surface area (Å²) >= 11 is 0. The van der Waals surface area contributed by atoms with Gasteiger partial charge in [-0.05, 0) is 24.1 Å². The first-order valence-electron chi connectivity index (χ1n) is 7.40. The number of hydrogen-bond acceptors (Lipinski definition) is 5. The molecule has 0 aliphatic heterocycles. The van der Waals surface area contributed by atoms with E-state index in [9.17, 15) is 13.2 Å². The average molecular weight is 365 g/mol. The average Bonchev–Trinajstić information content (AvgIpc) is 2.59. The summed E-state index contributed by atoms with van der Waals surface area (Å²) in [5.74, 6) is 0.0208. The van der Waals surface area contributed by atoms with Gasteiger partial charge in [0.2, 0.25) is 0 Å². The molecule has 2 aromatic rings. The molecule has 0 spiro atoms. The molecule has 8 heteroatoms. The van der Waals surface area contributed by atoms with Crippen molar-refractivity contribution < 1.29 is 27.8 Å². The van der Waals surface area contributed by atoms with Gasteiger partial charge in [-0.15, -0.1) is 0 Å². The summed E-state index contributed by atoms with van der Waals surface area (Å²) in [5.41, 5.74) is 1.07. The predicted octanol–water partition coefficient (Wildman–Crippen LogP) is 2.52. The number of sulfonamides is 1. The van der Waals surface area contributed by atoms with Gasteiger partial charge in [0.25, 0.3) is 10.0 Å². The normalized spacial score (nSPS) is 11.0. The molecule has 0 saturated heterocycles. The number of aryl methyl sites for hydroxylation is 1. The van der Waals surface area contributed by atoms with E-state index in [2.05, 4.69) is 4.72 Å². The summed E-state index contributed by atoms with van der Waals surface area (Å²) in [5, 5.41) is 8.68. The highest BCUT2D eigenvalue weighted by atomic mass is 32.2. The largest absolute Gasteiger partial charge is 0.497 e. The van der Waals surface area contributed by atoms with Crippen LogP contribution < -0.4 is 14.2 Å². The van der Waals surface area contributed by atoms with Gasteiger partial charge in [-0.1, -0.05) is 12.1 Å². The number of methoxy groups -OCH3 is 2. The molecule has 0 aromatic heterocycles. The monoisotopic (exact) mass is 365 g/mol. The molecule has 25 heavy (non-hydrogen) atoms. The Balaban J connectivity index is 2.20. The third-order valence-corrected chi connectivity index (χ3v) is 4.86. The van der Waals surface area contributed by atoms with E-state index in [1.807, 2.05) is 0 Å². The van der Waals surface area contributed by atoms with Crippen LogP contribution in [-0.2, 0) is 21.2 Å². The van der Waals surface area contributed by atoms with Gasteiger partial charge in [0.05, 0.1) is 24.8 Å². The third-order valence-electron chi connectivity index (χ3n) is 3.46. The van der Waals surface area contributed by atoms with Crippen LogP contribution in [-0.4, -0.2) is 33.7 Å². The first kappa shape index (κ1) is 18.6. The number of aliphatic carboxylic acids is 1. The Bertz CT molecular complexity index is 824. The zero-order valence-corrected chi connectivity index (χ0v) is 14.7. The fraction of sp³-hybridized carbons (Fsp3) is 0.235. The van der Waals surface area contributed by atoms with Crippen molar-refractivity contribution >= 4 is 21.7 Å². The molecule has 2 N–H and O–H groups in total. The van der Waals surface area contributed by atoms with Gasteiger partial charge in [0.1, 0.15) is 11.5 Å². The van der Waals surface area contributed by atoms with Crippen molar-refractivity contribution in [3.8, 4) is 11.5 Å². The van der Waals surface area contributed by atoms with Crippen molar-refractivity contribution in [2.24, 2.45) is 0 Å². The Labute approximate surface area is 146 Å². The molecule has 0 atom stereocenters. The van der Waals surface area contributed by atoms with Gasteiger partial charge in [0, 0.05) is 24.6 Å². The van der Waals surface area contributed by atoms with Crippen LogP contribution in [0.3, 0.4) is 0 Å². The number of nitrogens with one attached hydrogen (secondary N) is 1. The SMILES string of the molecule is COc1cc(NS(=O)(=O)c2ccc(CCC(=O)O)cc2)cc(OC)c1. The number of benzene rings is 2. The summed E-state index contributed by atoms with van der Waals surface area (Å²) in [6.07, 6.45) is 0.337. The molecule has 0 heterocycles. The molecular weight excluding hydrogens is 346 g/mol. The summed E-state index contributed by atoms with van der Waals surface area (Å²) < 4.78 is 37.7. The number of carboxylic acids is 1. The van der Waals surface area contributed by atoms with E-state index in [0.29, 0.717) is 23.6 Å². The number of carbonyl (C=O) groups is 1. The minimum Gasteiger partial charge on any atom is -0.497 e. The van der Waals surface area contributed by atoms with Crippen molar-refractivity contribution in [2.75, 3.05) is 18.9 Å². The summed E-state index contributed by atoms with van der Waals surface area (Å²) in [4.78, 5) is 10.7. The lowest BCUT2D eigenvalue weighted by Crippen LogP contribution is -2.13. The highest BCUT2D eigenvalue weighted by molar-refractivity contribution is 7.92. The van der Waals surface area contributed by atoms with E-state index >= 15 is 0 Å². The molecule has 7 nitrogen and oxygen atoms in total. The third kappa shape index (κ3) is 5.12. The minimum absolute atomic E-state index is 0.00600. The van der Waals surface area contributed by atoms with Gasteiger partial charge in [-0.25, -0.2) is 8.42 Å². The van der Waals surface area contributed by atoms with Crippen LogP contribution in [0.25, 0.3) is 0 Å². The lowest BCUT2D eigenvalue weighted by Gasteiger charge is -2.11. The van der Waals surface area contributed by atoms with Gasteiger partial charge in [-0.2, -0.15) is 0 Å². The lowest BCUT2D eigenvalue weighted by molar-refractivity contribution is -0.136. The van der Waals surface area contributed by atoms with E-state index in [4.69, 9.17) is 14.6 Å². The zero-order chi connectivity index (χ0) is 18.4. The van der Waals surface area contributed by atoms with Crippen LogP contribution in [0.15, 0.2) is 47.4 Å². The maximum absolute atomic E-state index is 12.5. The summed E-state index contributed by atoms with van der Waals surface area (Å²) in [6, 6.07) is 10.8. The topological polar surface area (TPSA) is 102 Å². The standard InChI is InChI=1S/C17H19NO6S/c1-23-14-9-13(10-15(11-14)24-2)18-25(21,22)16-6-3-12(4-7-16)5-8-17(19)20/h3-4,6-7,9-11,18H,5,8H2,1-2H3,(H,19,20). The molecule has 0 saturated carbocycles. The highest BCUT2D eigenvalue weighted by Gasteiger charge is 2.15. The molecule has 2 rings (SSSR count). The van der Waals surface area contributed by atoms with Crippen molar-refractivity contribution in [3.63, 3.8) is 0 Å². The second kappa shape index (κ2) is 7.89. The molecule has 0 amide bonds. The Morgan fingerprint density at radius 3 is 2.08 bits per heavy atom. The van der Waals surface area contributed by atoms with Gasteiger partial charge < -0.3 is 14.6 Å². The van der Waals surface area contributed by atoms with Crippen LogP contribution in [0.1, 0.15) is 12.0 Å². The Hall–Kier alpha value is -2.74. The van der Waals surface area contributed by atoms with Crippen LogP contribution in [0.2, 0.25) is 0 Å². The Kier molecular flexibility index (Phi) is 5.87. The molecule has 134 valence electrons. The van der Waals surface area contributed by atoms with E-state index in [1.165, 1.54) is 26.4 Å². The van der Waals surface area contributed by atoms with Crippen LogP contribution in [0.4, 0.5) is 5.69 Å². The first-order valence-corrected chi connectivity index (χ1v) is 8.89.